The second-order valence-corrected chi connectivity index (χ2v) is 7.87. The molecule has 4 aliphatic rings. The topological polar surface area (TPSA) is 65.1 Å². The van der Waals surface area contributed by atoms with Crippen molar-refractivity contribution in [3.05, 3.63) is 0 Å². The predicted molar refractivity (Wildman–Crippen MR) is 76.9 cm³/mol. The van der Waals surface area contributed by atoms with E-state index in [4.69, 9.17) is 14.2 Å². The van der Waals surface area contributed by atoms with Gasteiger partial charge < -0.3 is 14.2 Å². The van der Waals surface area contributed by atoms with Crippen molar-refractivity contribution in [3.8, 4) is 0 Å². The molecule has 1 saturated heterocycles. The lowest BCUT2D eigenvalue weighted by molar-refractivity contribution is -0.181. The molecule has 122 valence electrons. The van der Waals surface area contributed by atoms with Crippen LogP contribution in [-0.4, -0.2) is 37.4 Å². The molecule has 1 heterocycles. The largest absolute Gasteiger partial charge is 0.469 e. The van der Waals surface area contributed by atoms with Crippen LogP contribution in [0.5, 0.6) is 0 Å². The molecule has 1 aliphatic heterocycles. The molecule has 2 bridgehead atoms. The number of hydrogen-bond donors (Lipinski definition) is 0. The molecule has 1 spiro atoms. The highest BCUT2D eigenvalue weighted by molar-refractivity contribution is 5.92. The van der Waals surface area contributed by atoms with Gasteiger partial charge in [0.25, 0.3) is 0 Å². The van der Waals surface area contributed by atoms with Gasteiger partial charge in [-0.1, -0.05) is 6.42 Å². The van der Waals surface area contributed by atoms with E-state index in [-0.39, 0.29) is 35.0 Å². The van der Waals surface area contributed by atoms with Crippen LogP contribution in [0.4, 0.5) is 0 Å². The monoisotopic (exact) mass is 308 g/mol. The summed E-state index contributed by atoms with van der Waals surface area (Å²) in [7, 11) is 2.85. The van der Waals surface area contributed by atoms with Crippen molar-refractivity contribution in [3.63, 3.8) is 0 Å². The summed E-state index contributed by atoms with van der Waals surface area (Å²) >= 11 is 0. The summed E-state index contributed by atoms with van der Waals surface area (Å²) in [6.07, 6.45) is 4.14. The molecule has 1 unspecified atom stereocenters. The van der Waals surface area contributed by atoms with E-state index in [2.05, 4.69) is 13.8 Å². The Kier molecular flexibility index (Phi) is 2.54. The number of epoxide rings is 1. The van der Waals surface area contributed by atoms with Gasteiger partial charge in [-0.3, -0.25) is 9.59 Å². The molecule has 0 N–H and O–H groups in total. The Hall–Kier alpha value is -1.10. The number of carbonyl (C=O) groups excluding carboxylic acids is 2. The number of fused-ring (bicyclic) bond motifs is 3. The number of esters is 2. The van der Waals surface area contributed by atoms with Crippen LogP contribution in [0.15, 0.2) is 0 Å². The van der Waals surface area contributed by atoms with Crippen molar-refractivity contribution in [2.75, 3.05) is 14.2 Å². The molecule has 3 saturated carbocycles. The maximum Gasteiger partial charge on any atom is 0.313 e. The third kappa shape index (κ3) is 1.11. The lowest BCUT2D eigenvalue weighted by atomic mass is 9.57. The number of methoxy groups -OCH3 is 2. The smallest absolute Gasteiger partial charge is 0.313 e. The van der Waals surface area contributed by atoms with Gasteiger partial charge in [-0.05, 0) is 39.5 Å². The van der Waals surface area contributed by atoms with E-state index in [9.17, 15) is 9.59 Å². The molecule has 5 atom stereocenters. The molecule has 0 aromatic heterocycles. The standard InChI is InChI=1S/C17H24O5/c1-14(2)17(22-14)10-6-7-11(17)16(13(19)21-4)9-5-8-15(10,16)12(18)20-3/h10-11H,5-9H2,1-4H3/t10-,11+,15-,16+,17?. The zero-order valence-electron chi connectivity index (χ0n) is 13.7. The number of rotatable bonds is 2. The van der Waals surface area contributed by atoms with Gasteiger partial charge in [0.1, 0.15) is 5.60 Å². The van der Waals surface area contributed by atoms with Crippen LogP contribution >= 0.6 is 0 Å². The first-order valence-electron chi connectivity index (χ1n) is 8.22. The van der Waals surface area contributed by atoms with Crippen LogP contribution in [0.2, 0.25) is 0 Å². The summed E-state index contributed by atoms with van der Waals surface area (Å²) in [5.74, 6) is -0.357. The molecule has 22 heavy (non-hydrogen) atoms. The molecule has 4 rings (SSSR count). The highest BCUT2D eigenvalue weighted by Gasteiger charge is 2.92. The van der Waals surface area contributed by atoms with Crippen LogP contribution < -0.4 is 0 Å². The molecule has 0 aromatic carbocycles. The number of hydrogen-bond acceptors (Lipinski definition) is 5. The Morgan fingerprint density at radius 3 is 1.68 bits per heavy atom. The van der Waals surface area contributed by atoms with Crippen molar-refractivity contribution < 1.29 is 23.8 Å². The molecule has 4 fully saturated rings. The van der Waals surface area contributed by atoms with E-state index < -0.39 is 10.8 Å². The van der Waals surface area contributed by atoms with E-state index in [0.29, 0.717) is 12.8 Å². The lowest BCUT2D eigenvalue weighted by Crippen LogP contribution is -2.53. The Bertz CT molecular complexity index is 529. The first kappa shape index (κ1) is 14.5. The fourth-order valence-corrected chi connectivity index (χ4v) is 6.89. The minimum Gasteiger partial charge on any atom is -0.469 e. The lowest BCUT2D eigenvalue weighted by Gasteiger charge is -2.44. The first-order chi connectivity index (χ1) is 10.3. The van der Waals surface area contributed by atoms with Gasteiger partial charge >= 0.3 is 11.9 Å². The van der Waals surface area contributed by atoms with Crippen LogP contribution in [-0.2, 0) is 23.8 Å². The zero-order chi connectivity index (χ0) is 16.0. The van der Waals surface area contributed by atoms with Crippen molar-refractivity contribution in [1.29, 1.82) is 0 Å². The van der Waals surface area contributed by atoms with Gasteiger partial charge in [-0.15, -0.1) is 0 Å². The van der Waals surface area contributed by atoms with E-state index in [0.717, 1.165) is 19.3 Å². The van der Waals surface area contributed by atoms with E-state index in [1.54, 1.807) is 0 Å². The minimum absolute atomic E-state index is 0.0639. The molecule has 0 amide bonds. The molecule has 0 aromatic rings. The minimum atomic E-state index is -0.758. The fourth-order valence-electron chi connectivity index (χ4n) is 6.89. The Balaban J connectivity index is 1.95. The van der Waals surface area contributed by atoms with Gasteiger partial charge in [0.2, 0.25) is 0 Å². The van der Waals surface area contributed by atoms with Crippen LogP contribution in [0.25, 0.3) is 0 Å². The Morgan fingerprint density at radius 1 is 0.955 bits per heavy atom. The molecule has 5 heteroatoms. The number of ether oxygens (including phenoxy) is 3. The number of carbonyl (C=O) groups is 2. The van der Waals surface area contributed by atoms with Gasteiger partial charge in [-0.25, -0.2) is 0 Å². The van der Waals surface area contributed by atoms with Crippen molar-refractivity contribution in [1.82, 2.24) is 0 Å². The predicted octanol–water partition coefficient (Wildman–Crippen LogP) is 2.08. The maximum absolute atomic E-state index is 12.9. The quantitative estimate of drug-likeness (QED) is 0.577. The van der Waals surface area contributed by atoms with Crippen molar-refractivity contribution in [2.24, 2.45) is 22.7 Å². The average Bonchev–Trinajstić information content (AvgIpc) is 2.87. The fraction of sp³-hybridized carbons (Fsp3) is 0.882. The maximum atomic E-state index is 12.9. The second-order valence-electron chi connectivity index (χ2n) is 7.87. The highest BCUT2D eigenvalue weighted by atomic mass is 16.6. The summed E-state index contributed by atoms with van der Waals surface area (Å²) < 4.78 is 16.6. The van der Waals surface area contributed by atoms with Gasteiger partial charge in [0, 0.05) is 11.8 Å². The molecule has 0 radical (unpaired) electrons. The van der Waals surface area contributed by atoms with Crippen LogP contribution in [0.1, 0.15) is 46.0 Å². The van der Waals surface area contributed by atoms with Gasteiger partial charge in [-0.2, -0.15) is 0 Å². The van der Waals surface area contributed by atoms with E-state index in [1.165, 1.54) is 14.2 Å². The average molecular weight is 308 g/mol. The normalized spacial score (nSPS) is 50.0. The summed E-state index contributed by atoms with van der Waals surface area (Å²) in [5.41, 5.74) is -2.14. The Labute approximate surface area is 130 Å². The third-order valence-electron chi connectivity index (χ3n) is 7.33. The van der Waals surface area contributed by atoms with Gasteiger partial charge in [0.05, 0.1) is 30.7 Å². The van der Waals surface area contributed by atoms with Gasteiger partial charge in [0.15, 0.2) is 0 Å². The van der Waals surface area contributed by atoms with Crippen LogP contribution in [0, 0.1) is 22.7 Å². The van der Waals surface area contributed by atoms with E-state index >= 15 is 0 Å². The zero-order valence-corrected chi connectivity index (χ0v) is 13.7. The third-order valence-corrected chi connectivity index (χ3v) is 7.33. The molecular weight excluding hydrogens is 284 g/mol. The van der Waals surface area contributed by atoms with Crippen molar-refractivity contribution >= 4 is 11.9 Å². The summed E-state index contributed by atoms with van der Waals surface area (Å²) in [5, 5.41) is 0. The first-order valence-corrected chi connectivity index (χ1v) is 8.22. The van der Waals surface area contributed by atoms with Crippen LogP contribution in [0.3, 0.4) is 0 Å². The molecule has 5 nitrogen and oxygen atoms in total. The highest BCUT2D eigenvalue weighted by Crippen LogP contribution is 2.84. The summed E-state index contributed by atoms with van der Waals surface area (Å²) in [4.78, 5) is 25.7. The van der Waals surface area contributed by atoms with Crippen molar-refractivity contribution in [2.45, 2.75) is 57.2 Å². The summed E-state index contributed by atoms with van der Waals surface area (Å²) in [6, 6.07) is 0. The second kappa shape index (κ2) is 3.86. The Morgan fingerprint density at radius 2 is 1.36 bits per heavy atom. The molecular formula is C17H24O5. The summed E-state index contributed by atoms with van der Waals surface area (Å²) in [6.45, 7) is 4.16. The molecule has 3 aliphatic carbocycles. The van der Waals surface area contributed by atoms with E-state index in [1.807, 2.05) is 0 Å². The SMILES string of the molecule is COC(=O)[C@]12CCC[C@@]1(C(=O)OC)[C@@H]1CC[C@H]2C12OC2(C)C.